The molecule has 1 atom stereocenters. The molecule has 16 heavy (non-hydrogen) atoms. The van der Waals surface area contributed by atoms with Crippen LogP contribution in [0.1, 0.15) is 17.3 Å². The summed E-state index contributed by atoms with van der Waals surface area (Å²) < 4.78 is 13.7. The molecule has 0 aliphatic carbocycles. The molecule has 1 aromatic carbocycles. The van der Waals surface area contributed by atoms with E-state index in [0.717, 1.165) is 6.07 Å². The van der Waals surface area contributed by atoms with E-state index < -0.39 is 23.7 Å². The minimum absolute atomic E-state index is 0.143. The lowest BCUT2D eigenvalue weighted by Gasteiger charge is -2.11. The van der Waals surface area contributed by atoms with E-state index >= 15 is 0 Å². The first kappa shape index (κ1) is 12.6. The zero-order valence-corrected chi connectivity index (χ0v) is 10.0. The van der Waals surface area contributed by atoms with Gasteiger partial charge in [0, 0.05) is 4.47 Å². The molecule has 6 heteroatoms. The summed E-state index contributed by atoms with van der Waals surface area (Å²) in [6.45, 7) is 1.43. The quantitative estimate of drug-likeness (QED) is 0.877. The van der Waals surface area contributed by atoms with Crippen molar-refractivity contribution in [3.8, 4) is 0 Å². The molecule has 0 fully saturated rings. The second-order valence-electron chi connectivity index (χ2n) is 3.19. The number of hydrogen-bond donors (Lipinski definition) is 2. The molecule has 1 rings (SSSR count). The molecular formula is C10H10BrFN2O2. The third-order valence-corrected chi connectivity index (χ3v) is 2.63. The highest BCUT2D eigenvalue weighted by Gasteiger charge is 2.19. The van der Waals surface area contributed by atoms with Gasteiger partial charge in [-0.05, 0) is 35.0 Å². The van der Waals surface area contributed by atoms with Crippen LogP contribution in [0.5, 0.6) is 0 Å². The summed E-state index contributed by atoms with van der Waals surface area (Å²) in [5, 5.41) is 2.29. The Morgan fingerprint density at radius 2 is 2.12 bits per heavy atom. The van der Waals surface area contributed by atoms with Crippen molar-refractivity contribution in [1.82, 2.24) is 5.32 Å². The summed E-state index contributed by atoms with van der Waals surface area (Å²) in [4.78, 5) is 22.4. The molecule has 0 aliphatic heterocycles. The Labute approximate surface area is 100 Å². The zero-order chi connectivity index (χ0) is 12.3. The van der Waals surface area contributed by atoms with Gasteiger partial charge in [0.05, 0.1) is 5.56 Å². The minimum Gasteiger partial charge on any atom is -0.368 e. The van der Waals surface area contributed by atoms with Crippen molar-refractivity contribution in [3.63, 3.8) is 0 Å². The number of halogens is 2. The van der Waals surface area contributed by atoms with Crippen LogP contribution in [0, 0.1) is 5.82 Å². The Hall–Kier alpha value is -1.43. The average molecular weight is 289 g/mol. The number of rotatable bonds is 3. The van der Waals surface area contributed by atoms with E-state index in [0.29, 0.717) is 4.47 Å². The number of nitrogens with one attached hydrogen (secondary N) is 1. The van der Waals surface area contributed by atoms with Crippen LogP contribution < -0.4 is 11.1 Å². The highest BCUT2D eigenvalue weighted by Crippen LogP contribution is 2.19. The Morgan fingerprint density at radius 3 is 2.62 bits per heavy atom. The molecule has 0 aliphatic rings. The van der Waals surface area contributed by atoms with Gasteiger partial charge in [0.2, 0.25) is 5.91 Å². The maximum absolute atomic E-state index is 13.3. The topological polar surface area (TPSA) is 72.2 Å². The number of carbonyl (C=O) groups excluding carboxylic acids is 2. The lowest BCUT2D eigenvalue weighted by molar-refractivity contribution is -0.119. The predicted molar refractivity (Wildman–Crippen MR) is 60.2 cm³/mol. The predicted octanol–water partition coefficient (Wildman–Crippen LogP) is 1.19. The van der Waals surface area contributed by atoms with Gasteiger partial charge in [-0.2, -0.15) is 0 Å². The molecule has 3 N–H and O–H groups in total. The molecule has 86 valence electrons. The van der Waals surface area contributed by atoms with E-state index in [1.165, 1.54) is 19.1 Å². The highest BCUT2D eigenvalue weighted by molar-refractivity contribution is 9.10. The van der Waals surface area contributed by atoms with Gasteiger partial charge in [0.15, 0.2) is 0 Å². The fraction of sp³-hybridized carbons (Fsp3) is 0.200. The second kappa shape index (κ2) is 5.07. The Bertz CT molecular complexity index is 417. The summed E-state index contributed by atoms with van der Waals surface area (Å²) in [5.74, 6) is -2.03. The second-order valence-corrected chi connectivity index (χ2v) is 4.05. The van der Waals surface area contributed by atoms with Crippen LogP contribution in [0.15, 0.2) is 22.7 Å². The fourth-order valence-electron chi connectivity index (χ4n) is 1.05. The van der Waals surface area contributed by atoms with Crippen LogP contribution in [-0.2, 0) is 4.79 Å². The van der Waals surface area contributed by atoms with Crippen LogP contribution >= 0.6 is 15.9 Å². The lowest BCUT2D eigenvalue weighted by Crippen LogP contribution is -2.42. The van der Waals surface area contributed by atoms with E-state index in [1.807, 2.05) is 0 Å². The van der Waals surface area contributed by atoms with E-state index in [1.54, 1.807) is 0 Å². The normalized spacial score (nSPS) is 11.9. The zero-order valence-electron chi connectivity index (χ0n) is 8.46. The summed E-state index contributed by atoms with van der Waals surface area (Å²) in [6.07, 6.45) is 0. The van der Waals surface area contributed by atoms with Crippen molar-refractivity contribution in [3.05, 3.63) is 34.1 Å². The van der Waals surface area contributed by atoms with E-state index in [-0.39, 0.29) is 5.56 Å². The minimum atomic E-state index is -0.848. The Morgan fingerprint density at radius 1 is 1.50 bits per heavy atom. The average Bonchev–Trinajstić information content (AvgIpc) is 2.16. The van der Waals surface area contributed by atoms with Crippen LogP contribution in [-0.4, -0.2) is 17.9 Å². The molecule has 2 amide bonds. The monoisotopic (exact) mass is 288 g/mol. The van der Waals surface area contributed by atoms with Crippen molar-refractivity contribution >= 4 is 27.7 Å². The SMILES string of the molecule is C[C@@H](NC(=O)c1c(F)cccc1Br)C(N)=O. The summed E-state index contributed by atoms with van der Waals surface area (Å²) in [7, 11) is 0. The molecule has 1 aromatic rings. The third kappa shape index (κ3) is 2.79. The first-order valence-electron chi connectivity index (χ1n) is 4.47. The molecule has 0 spiro atoms. The van der Waals surface area contributed by atoms with Crippen LogP contribution in [0.3, 0.4) is 0 Å². The summed E-state index contributed by atoms with van der Waals surface area (Å²) in [5.41, 5.74) is 4.84. The van der Waals surface area contributed by atoms with Crippen molar-refractivity contribution in [2.45, 2.75) is 13.0 Å². The number of amides is 2. The van der Waals surface area contributed by atoms with Crippen LogP contribution in [0.4, 0.5) is 4.39 Å². The van der Waals surface area contributed by atoms with E-state index in [4.69, 9.17) is 5.73 Å². The van der Waals surface area contributed by atoms with Gasteiger partial charge >= 0.3 is 0 Å². The maximum atomic E-state index is 13.3. The van der Waals surface area contributed by atoms with Gasteiger partial charge in [-0.3, -0.25) is 9.59 Å². The van der Waals surface area contributed by atoms with Gasteiger partial charge in [0.1, 0.15) is 11.9 Å². The molecule has 4 nitrogen and oxygen atoms in total. The number of carbonyl (C=O) groups is 2. The first-order valence-corrected chi connectivity index (χ1v) is 5.27. The Kier molecular flexibility index (Phi) is 4.00. The number of hydrogen-bond acceptors (Lipinski definition) is 2. The lowest BCUT2D eigenvalue weighted by atomic mass is 10.2. The van der Waals surface area contributed by atoms with Crippen molar-refractivity contribution in [1.29, 1.82) is 0 Å². The smallest absolute Gasteiger partial charge is 0.256 e. The molecule has 0 heterocycles. The molecule has 0 bridgehead atoms. The molecule has 0 unspecified atom stereocenters. The van der Waals surface area contributed by atoms with E-state index in [2.05, 4.69) is 21.2 Å². The first-order chi connectivity index (χ1) is 7.43. The van der Waals surface area contributed by atoms with Crippen molar-refractivity contribution in [2.75, 3.05) is 0 Å². The van der Waals surface area contributed by atoms with E-state index in [9.17, 15) is 14.0 Å². The standard InChI is InChI=1S/C10H10BrFN2O2/c1-5(9(13)15)14-10(16)8-6(11)3-2-4-7(8)12/h2-5H,1H3,(H2,13,15)(H,14,16)/t5-/m1/s1. The summed E-state index contributed by atoms with van der Waals surface area (Å²) >= 11 is 3.06. The third-order valence-electron chi connectivity index (χ3n) is 1.96. The van der Waals surface area contributed by atoms with Crippen molar-refractivity contribution in [2.24, 2.45) is 5.73 Å². The van der Waals surface area contributed by atoms with Gasteiger partial charge in [-0.25, -0.2) is 4.39 Å². The van der Waals surface area contributed by atoms with Crippen LogP contribution in [0.25, 0.3) is 0 Å². The number of benzene rings is 1. The molecule has 0 saturated carbocycles. The van der Waals surface area contributed by atoms with Gasteiger partial charge in [-0.15, -0.1) is 0 Å². The Balaban J connectivity index is 2.93. The molecule has 0 radical (unpaired) electrons. The molecule has 0 aromatic heterocycles. The van der Waals surface area contributed by atoms with Crippen LogP contribution in [0.2, 0.25) is 0 Å². The largest absolute Gasteiger partial charge is 0.368 e. The van der Waals surface area contributed by atoms with Gasteiger partial charge < -0.3 is 11.1 Å². The molecular weight excluding hydrogens is 279 g/mol. The van der Waals surface area contributed by atoms with Crippen molar-refractivity contribution < 1.29 is 14.0 Å². The van der Waals surface area contributed by atoms with Gasteiger partial charge in [-0.1, -0.05) is 6.07 Å². The fourth-order valence-corrected chi connectivity index (χ4v) is 1.58. The highest BCUT2D eigenvalue weighted by atomic mass is 79.9. The van der Waals surface area contributed by atoms with Gasteiger partial charge in [0.25, 0.3) is 5.91 Å². The maximum Gasteiger partial charge on any atom is 0.256 e. The molecule has 0 saturated heterocycles. The number of primary amides is 1. The number of nitrogens with two attached hydrogens (primary N) is 1. The summed E-state index contributed by atoms with van der Waals surface area (Å²) in [6, 6.07) is 3.31.